The first-order valence-corrected chi connectivity index (χ1v) is 10.1. The number of aromatic nitrogens is 4. The number of hydrogen-bond acceptors (Lipinski definition) is 4. The van der Waals surface area contributed by atoms with E-state index in [9.17, 15) is 0 Å². The molecule has 0 aromatic carbocycles. The highest BCUT2D eigenvalue weighted by Gasteiger charge is 2.39. The molecule has 2 bridgehead atoms. The van der Waals surface area contributed by atoms with Gasteiger partial charge in [-0.1, -0.05) is 19.4 Å². The average molecular weight is 495 g/mol. The molecule has 2 saturated carbocycles. The third-order valence-corrected chi connectivity index (χ3v) is 5.84. The fourth-order valence-electron chi connectivity index (χ4n) is 4.44. The summed E-state index contributed by atoms with van der Waals surface area (Å²) >= 11 is 0. The zero-order chi connectivity index (χ0) is 18.5. The summed E-state index contributed by atoms with van der Waals surface area (Å²) in [7, 11) is 0. The molecule has 2 aromatic rings. The number of halogens is 1. The molecule has 2 N–H and O–H groups in total. The molecule has 3 unspecified atom stereocenters. The summed E-state index contributed by atoms with van der Waals surface area (Å²) in [5.74, 6) is 3.63. The summed E-state index contributed by atoms with van der Waals surface area (Å²) in [6.45, 7) is 4.31. The van der Waals surface area contributed by atoms with Crippen LogP contribution in [0.5, 0.6) is 0 Å². The zero-order valence-corrected chi connectivity index (χ0v) is 18.8. The molecule has 4 rings (SSSR count). The van der Waals surface area contributed by atoms with Crippen LogP contribution in [0.3, 0.4) is 0 Å². The maximum atomic E-state index is 4.79. The molecule has 8 heteroatoms. The van der Waals surface area contributed by atoms with Crippen molar-refractivity contribution in [1.82, 2.24) is 30.4 Å². The maximum Gasteiger partial charge on any atom is 0.191 e. The first-order chi connectivity index (χ1) is 13.3. The molecule has 0 saturated heterocycles. The van der Waals surface area contributed by atoms with Gasteiger partial charge in [-0.25, -0.2) is 4.99 Å². The predicted molar refractivity (Wildman–Crippen MR) is 121 cm³/mol. The van der Waals surface area contributed by atoms with Crippen LogP contribution < -0.4 is 10.6 Å². The van der Waals surface area contributed by atoms with Crippen molar-refractivity contribution in [2.24, 2.45) is 16.8 Å². The Bertz CT molecular complexity index is 761. The standard InChI is InChI=1S/C20H29N7.HI/c1-2-19-26-24-14-27(19)10-9-22-20(23-13-17-5-3-4-8-21-17)25-18-12-15-6-7-16(18)11-15;/h3-5,8,14-16,18H,2,6-7,9-13H2,1H3,(H2,22,23,25);1H. The molecular formula is C20H30IN7. The normalized spacial score (nSPS) is 23.5. The van der Waals surface area contributed by atoms with Gasteiger partial charge < -0.3 is 15.2 Å². The Morgan fingerprint density at radius 2 is 2.21 bits per heavy atom. The number of rotatable bonds is 7. The minimum atomic E-state index is 0. The van der Waals surface area contributed by atoms with Crippen LogP contribution >= 0.6 is 24.0 Å². The molecule has 28 heavy (non-hydrogen) atoms. The van der Waals surface area contributed by atoms with Gasteiger partial charge in [-0.2, -0.15) is 0 Å². The van der Waals surface area contributed by atoms with Gasteiger partial charge in [-0.15, -0.1) is 34.2 Å². The molecule has 2 fully saturated rings. The van der Waals surface area contributed by atoms with E-state index in [4.69, 9.17) is 4.99 Å². The van der Waals surface area contributed by atoms with E-state index in [1.807, 2.05) is 24.4 Å². The van der Waals surface area contributed by atoms with E-state index in [2.05, 4.69) is 37.3 Å². The van der Waals surface area contributed by atoms with Gasteiger partial charge in [0.1, 0.15) is 12.2 Å². The van der Waals surface area contributed by atoms with Crippen molar-refractivity contribution >= 4 is 29.9 Å². The number of nitrogens with zero attached hydrogens (tertiary/aromatic N) is 5. The lowest BCUT2D eigenvalue weighted by Gasteiger charge is -2.25. The third kappa shape index (κ3) is 5.21. The summed E-state index contributed by atoms with van der Waals surface area (Å²) in [5.41, 5.74) is 0.985. The largest absolute Gasteiger partial charge is 0.355 e. The maximum absolute atomic E-state index is 4.79. The molecule has 0 amide bonds. The summed E-state index contributed by atoms with van der Waals surface area (Å²) in [4.78, 5) is 9.17. The number of pyridine rings is 1. The van der Waals surface area contributed by atoms with Crippen LogP contribution in [-0.4, -0.2) is 38.3 Å². The van der Waals surface area contributed by atoms with Gasteiger partial charge in [0, 0.05) is 31.7 Å². The molecule has 0 aliphatic heterocycles. The number of guanidine groups is 1. The van der Waals surface area contributed by atoms with Crippen molar-refractivity contribution in [2.75, 3.05) is 6.54 Å². The summed E-state index contributed by atoms with van der Waals surface area (Å²) in [6.07, 6.45) is 9.94. The van der Waals surface area contributed by atoms with Gasteiger partial charge >= 0.3 is 0 Å². The number of nitrogens with one attached hydrogen (secondary N) is 2. The van der Waals surface area contributed by atoms with E-state index < -0.39 is 0 Å². The second-order valence-corrected chi connectivity index (χ2v) is 7.63. The van der Waals surface area contributed by atoms with Gasteiger partial charge in [0.15, 0.2) is 5.96 Å². The lowest BCUT2D eigenvalue weighted by molar-refractivity contribution is 0.386. The molecule has 2 aliphatic rings. The van der Waals surface area contributed by atoms with E-state index in [0.29, 0.717) is 12.6 Å². The monoisotopic (exact) mass is 495 g/mol. The van der Waals surface area contributed by atoms with Crippen molar-refractivity contribution in [3.05, 3.63) is 42.2 Å². The lowest BCUT2D eigenvalue weighted by atomic mass is 9.95. The number of hydrogen-bond donors (Lipinski definition) is 2. The van der Waals surface area contributed by atoms with Crippen molar-refractivity contribution < 1.29 is 0 Å². The second-order valence-electron chi connectivity index (χ2n) is 7.63. The van der Waals surface area contributed by atoms with Crippen LogP contribution in [-0.2, 0) is 19.5 Å². The van der Waals surface area contributed by atoms with Gasteiger partial charge in [0.05, 0.1) is 12.2 Å². The zero-order valence-electron chi connectivity index (χ0n) is 16.4. The Morgan fingerprint density at radius 3 is 2.93 bits per heavy atom. The first kappa shape index (κ1) is 21.0. The van der Waals surface area contributed by atoms with Crippen LogP contribution in [0.1, 0.15) is 44.1 Å². The van der Waals surface area contributed by atoms with Gasteiger partial charge in [0.25, 0.3) is 0 Å². The molecule has 7 nitrogen and oxygen atoms in total. The minimum absolute atomic E-state index is 0. The highest BCUT2D eigenvalue weighted by Crippen LogP contribution is 2.44. The second kappa shape index (κ2) is 10.2. The number of fused-ring (bicyclic) bond motifs is 2. The van der Waals surface area contributed by atoms with Crippen LogP contribution in [0.4, 0.5) is 0 Å². The summed E-state index contributed by atoms with van der Waals surface area (Å²) < 4.78 is 2.10. The van der Waals surface area contributed by atoms with E-state index in [1.54, 1.807) is 6.33 Å². The fraction of sp³-hybridized carbons (Fsp3) is 0.600. The van der Waals surface area contributed by atoms with Crippen LogP contribution in [0.2, 0.25) is 0 Å². The summed E-state index contributed by atoms with van der Waals surface area (Å²) in [5, 5.41) is 15.4. The van der Waals surface area contributed by atoms with E-state index in [-0.39, 0.29) is 24.0 Å². The van der Waals surface area contributed by atoms with Crippen molar-refractivity contribution in [3.63, 3.8) is 0 Å². The van der Waals surface area contributed by atoms with Crippen molar-refractivity contribution in [1.29, 1.82) is 0 Å². The topological polar surface area (TPSA) is 80.0 Å². The van der Waals surface area contributed by atoms with Crippen LogP contribution in [0.25, 0.3) is 0 Å². The van der Waals surface area contributed by atoms with Gasteiger partial charge in [-0.3, -0.25) is 4.98 Å². The lowest BCUT2D eigenvalue weighted by Crippen LogP contribution is -2.46. The molecule has 2 heterocycles. The Kier molecular flexibility index (Phi) is 7.64. The van der Waals surface area contributed by atoms with Crippen molar-refractivity contribution in [3.8, 4) is 0 Å². The van der Waals surface area contributed by atoms with Gasteiger partial charge in [-0.05, 0) is 43.2 Å². The summed E-state index contributed by atoms with van der Waals surface area (Å²) in [6, 6.07) is 6.51. The molecule has 0 radical (unpaired) electrons. The Balaban J connectivity index is 0.00000225. The molecular weight excluding hydrogens is 465 g/mol. The SMILES string of the molecule is CCc1nncn1CCNC(=NCc1ccccn1)NC1CC2CCC1C2.I. The third-order valence-electron chi connectivity index (χ3n) is 5.84. The Labute approximate surface area is 183 Å². The molecule has 152 valence electrons. The van der Waals surface area contributed by atoms with E-state index in [0.717, 1.165) is 48.8 Å². The molecule has 2 aromatic heterocycles. The molecule has 3 atom stereocenters. The van der Waals surface area contributed by atoms with E-state index >= 15 is 0 Å². The highest BCUT2D eigenvalue weighted by molar-refractivity contribution is 14.0. The van der Waals surface area contributed by atoms with Crippen molar-refractivity contribution in [2.45, 2.75) is 58.2 Å². The minimum Gasteiger partial charge on any atom is -0.355 e. The number of aryl methyl sites for hydroxylation is 1. The smallest absolute Gasteiger partial charge is 0.191 e. The molecule has 2 aliphatic carbocycles. The molecule has 0 spiro atoms. The fourth-order valence-corrected chi connectivity index (χ4v) is 4.44. The average Bonchev–Trinajstić information content (AvgIpc) is 3.43. The highest BCUT2D eigenvalue weighted by atomic mass is 127. The predicted octanol–water partition coefficient (Wildman–Crippen LogP) is 2.78. The van der Waals surface area contributed by atoms with Crippen LogP contribution in [0, 0.1) is 11.8 Å². The Morgan fingerprint density at radius 1 is 1.29 bits per heavy atom. The Hall–Kier alpha value is -1.71. The van der Waals surface area contributed by atoms with Crippen LogP contribution in [0.15, 0.2) is 35.7 Å². The van der Waals surface area contributed by atoms with Gasteiger partial charge in [0.2, 0.25) is 0 Å². The quantitative estimate of drug-likeness (QED) is 0.351. The van der Waals surface area contributed by atoms with E-state index in [1.165, 1.54) is 25.7 Å². The number of aliphatic imine (C=N–C) groups is 1. The first-order valence-electron chi connectivity index (χ1n) is 10.1.